The van der Waals surface area contributed by atoms with Crippen molar-refractivity contribution in [2.75, 3.05) is 71.0 Å². The first-order chi connectivity index (χ1) is 18.7. The average molecular weight is 518 g/mol. The van der Waals surface area contributed by atoms with Crippen LogP contribution in [0.3, 0.4) is 0 Å². The Kier molecular flexibility index (Phi) is 8.21. The summed E-state index contributed by atoms with van der Waals surface area (Å²) in [6, 6.07) is 11.0. The molecule has 8 heteroatoms. The summed E-state index contributed by atoms with van der Waals surface area (Å²) in [6.07, 6.45) is 8.20. The van der Waals surface area contributed by atoms with Gasteiger partial charge in [0.1, 0.15) is 11.5 Å². The van der Waals surface area contributed by atoms with Crippen LogP contribution in [-0.2, 0) is 30.8 Å². The lowest BCUT2D eigenvalue weighted by molar-refractivity contribution is 0.0333. The van der Waals surface area contributed by atoms with E-state index in [9.17, 15) is 0 Å². The van der Waals surface area contributed by atoms with E-state index in [4.69, 9.17) is 14.7 Å². The van der Waals surface area contributed by atoms with Gasteiger partial charge in [-0.2, -0.15) is 0 Å². The fourth-order valence-corrected chi connectivity index (χ4v) is 6.21. The highest BCUT2D eigenvalue weighted by Crippen LogP contribution is 2.26. The Bertz CT molecular complexity index is 1200. The van der Waals surface area contributed by atoms with Gasteiger partial charge in [-0.25, -0.2) is 4.98 Å². The van der Waals surface area contributed by atoms with Crippen LogP contribution in [0.4, 0.5) is 5.82 Å². The Morgan fingerprint density at radius 2 is 1.66 bits per heavy atom. The van der Waals surface area contributed by atoms with Gasteiger partial charge in [-0.15, -0.1) is 0 Å². The number of piperazine rings is 1. The van der Waals surface area contributed by atoms with Crippen molar-refractivity contribution in [2.24, 2.45) is 0 Å². The summed E-state index contributed by atoms with van der Waals surface area (Å²) in [7, 11) is 2.22. The van der Waals surface area contributed by atoms with E-state index >= 15 is 0 Å². The number of hydrogen-bond donors (Lipinski definition) is 0. The first-order valence-electron chi connectivity index (χ1n) is 14.6. The predicted molar refractivity (Wildman–Crippen MR) is 152 cm³/mol. The molecule has 0 bridgehead atoms. The van der Waals surface area contributed by atoms with Crippen molar-refractivity contribution >= 4 is 11.5 Å². The summed E-state index contributed by atoms with van der Waals surface area (Å²) in [4.78, 5) is 20.2. The van der Waals surface area contributed by atoms with E-state index < -0.39 is 0 Å². The maximum atomic E-state index is 5.68. The molecule has 0 saturated carbocycles. The number of pyridine rings is 2. The SMILES string of the molecule is CN1CCN(c2cccc3nc(CN4CCCCCCc5cccnc5C4)c(CN4CCOCC4)n23)CC1. The molecule has 6 rings (SSSR count). The standard InChI is InChI=1S/C30H43N7O/c1-33-14-16-36(17-15-33)30-11-6-10-29-32-27(28(37(29)30)24-34-18-20-38-21-19-34)23-35-13-5-3-2-4-8-25-9-7-12-31-26(25)22-35/h6-7,9-12H,2-5,8,13-24H2,1H3. The minimum atomic E-state index is 0.811. The lowest BCUT2D eigenvalue weighted by atomic mass is 10.0. The van der Waals surface area contributed by atoms with Gasteiger partial charge in [0.25, 0.3) is 0 Å². The minimum absolute atomic E-state index is 0.811. The van der Waals surface area contributed by atoms with Gasteiger partial charge in [0, 0.05) is 65.1 Å². The van der Waals surface area contributed by atoms with Crippen LogP contribution in [0.25, 0.3) is 5.65 Å². The molecule has 0 aliphatic carbocycles. The third-order valence-electron chi connectivity index (χ3n) is 8.51. The number of aromatic nitrogens is 3. The van der Waals surface area contributed by atoms with Crippen molar-refractivity contribution in [3.05, 3.63) is 59.2 Å². The van der Waals surface area contributed by atoms with Crippen molar-refractivity contribution in [2.45, 2.75) is 51.7 Å². The second kappa shape index (κ2) is 12.1. The van der Waals surface area contributed by atoms with Crippen LogP contribution < -0.4 is 4.90 Å². The second-order valence-electron chi connectivity index (χ2n) is 11.2. The highest BCUT2D eigenvalue weighted by molar-refractivity contribution is 5.55. The first-order valence-corrected chi connectivity index (χ1v) is 14.6. The quantitative estimate of drug-likeness (QED) is 0.514. The molecule has 3 aromatic heterocycles. The summed E-state index contributed by atoms with van der Waals surface area (Å²) in [5.74, 6) is 1.28. The van der Waals surface area contributed by atoms with Crippen LogP contribution in [0.2, 0.25) is 0 Å². The molecule has 0 spiro atoms. The van der Waals surface area contributed by atoms with Crippen LogP contribution >= 0.6 is 0 Å². The second-order valence-corrected chi connectivity index (χ2v) is 11.2. The smallest absolute Gasteiger partial charge is 0.138 e. The molecule has 6 heterocycles. The number of nitrogens with zero attached hydrogens (tertiary/aromatic N) is 7. The van der Waals surface area contributed by atoms with Gasteiger partial charge in [0.2, 0.25) is 0 Å². The van der Waals surface area contributed by atoms with Gasteiger partial charge in [0.15, 0.2) is 0 Å². The summed E-state index contributed by atoms with van der Waals surface area (Å²) in [6.45, 7) is 11.6. The van der Waals surface area contributed by atoms with Crippen LogP contribution in [0.5, 0.6) is 0 Å². The highest BCUT2D eigenvalue weighted by Gasteiger charge is 2.24. The molecule has 0 aromatic carbocycles. The first kappa shape index (κ1) is 25.7. The third kappa shape index (κ3) is 5.88. The molecule has 0 radical (unpaired) electrons. The van der Waals surface area contributed by atoms with Gasteiger partial charge in [0.05, 0.1) is 30.3 Å². The lowest BCUT2D eigenvalue weighted by Gasteiger charge is -2.35. The number of rotatable bonds is 5. The Hall–Kier alpha value is -2.52. The Balaban J connectivity index is 1.35. The summed E-state index contributed by atoms with van der Waals surface area (Å²) < 4.78 is 8.14. The molecule has 0 N–H and O–H groups in total. The predicted octanol–water partition coefficient (Wildman–Crippen LogP) is 3.43. The number of hydrogen-bond acceptors (Lipinski definition) is 7. The summed E-state index contributed by atoms with van der Waals surface area (Å²) in [5, 5.41) is 0. The molecule has 3 aromatic rings. The molecule has 3 aliphatic rings. The van der Waals surface area contributed by atoms with E-state index in [1.54, 1.807) is 0 Å². The lowest BCUT2D eigenvalue weighted by Crippen LogP contribution is -2.45. The van der Waals surface area contributed by atoms with Gasteiger partial charge in [-0.3, -0.25) is 19.2 Å². The average Bonchev–Trinajstić information content (AvgIpc) is 3.29. The number of ether oxygens (including phenoxy) is 1. The van der Waals surface area contributed by atoms with Crippen LogP contribution in [0.15, 0.2) is 36.5 Å². The molecular formula is C30H43N7O. The fraction of sp³-hybridized carbons (Fsp3) is 0.600. The molecule has 0 unspecified atom stereocenters. The zero-order valence-electron chi connectivity index (χ0n) is 23.0. The molecule has 0 atom stereocenters. The third-order valence-corrected chi connectivity index (χ3v) is 8.51. The molecule has 0 amide bonds. The molecule has 38 heavy (non-hydrogen) atoms. The van der Waals surface area contributed by atoms with Crippen LogP contribution in [0, 0.1) is 0 Å². The number of likely N-dealkylation sites (N-methyl/N-ethyl adjacent to an activating group) is 1. The minimum Gasteiger partial charge on any atom is -0.379 e. The van der Waals surface area contributed by atoms with Crippen molar-refractivity contribution in [3.8, 4) is 0 Å². The van der Waals surface area contributed by atoms with Crippen LogP contribution in [0.1, 0.15) is 48.3 Å². The topological polar surface area (TPSA) is 52.4 Å². The van der Waals surface area contributed by atoms with E-state index in [2.05, 4.69) is 61.4 Å². The number of aryl methyl sites for hydroxylation is 1. The van der Waals surface area contributed by atoms with E-state index in [-0.39, 0.29) is 0 Å². The van der Waals surface area contributed by atoms with Crippen molar-refractivity contribution in [3.63, 3.8) is 0 Å². The number of imidazole rings is 1. The van der Waals surface area contributed by atoms with Crippen LogP contribution in [-0.4, -0.2) is 95.1 Å². The molecule has 8 nitrogen and oxygen atoms in total. The van der Waals surface area contributed by atoms with E-state index in [1.165, 1.54) is 54.1 Å². The number of morpholine rings is 1. The van der Waals surface area contributed by atoms with Crippen molar-refractivity contribution < 1.29 is 4.74 Å². The monoisotopic (exact) mass is 517 g/mol. The van der Waals surface area contributed by atoms with Gasteiger partial charge >= 0.3 is 0 Å². The molecule has 2 fully saturated rings. The fourth-order valence-electron chi connectivity index (χ4n) is 6.21. The summed E-state index contributed by atoms with van der Waals surface area (Å²) >= 11 is 0. The molecule has 204 valence electrons. The van der Waals surface area contributed by atoms with Gasteiger partial charge < -0.3 is 14.5 Å². The van der Waals surface area contributed by atoms with Crippen molar-refractivity contribution in [1.82, 2.24) is 29.1 Å². The van der Waals surface area contributed by atoms with Gasteiger partial charge in [-0.1, -0.05) is 25.0 Å². The van der Waals surface area contributed by atoms with Gasteiger partial charge in [-0.05, 0) is 56.6 Å². The molecular weight excluding hydrogens is 474 g/mol. The zero-order valence-corrected chi connectivity index (χ0v) is 23.0. The summed E-state index contributed by atoms with van der Waals surface area (Å²) in [5.41, 5.74) is 6.29. The largest absolute Gasteiger partial charge is 0.379 e. The van der Waals surface area contributed by atoms with E-state index in [0.29, 0.717) is 0 Å². The maximum Gasteiger partial charge on any atom is 0.138 e. The Morgan fingerprint density at radius 1 is 0.816 bits per heavy atom. The van der Waals surface area contributed by atoms with E-state index in [0.717, 1.165) is 90.7 Å². The highest BCUT2D eigenvalue weighted by atomic mass is 16.5. The zero-order chi connectivity index (χ0) is 25.7. The van der Waals surface area contributed by atoms with Crippen molar-refractivity contribution in [1.29, 1.82) is 0 Å². The Labute approximate surface area is 227 Å². The number of fused-ring (bicyclic) bond motifs is 2. The normalized spacial score (nSPS) is 21.0. The maximum absolute atomic E-state index is 5.68. The molecule has 2 saturated heterocycles. The Morgan fingerprint density at radius 3 is 2.53 bits per heavy atom. The number of anilines is 1. The molecule has 3 aliphatic heterocycles. The van der Waals surface area contributed by atoms with E-state index in [1.807, 2.05) is 6.20 Å².